The summed E-state index contributed by atoms with van der Waals surface area (Å²) in [4.78, 5) is 36.9. The Balaban J connectivity index is 1.48. The second-order valence-corrected chi connectivity index (χ2v) is 6.16. The van der Waals surface area contributed by atoms with Gasteiger partial charge in [0.15, 0.2) is 0 Å². The molecular formula is C18H22N6O2. The fraction of sp³-hybridized carbons (Fsp3) is 0.333. The van der Waals surface area contributed by atoms with E-state index < -0.39 is 0 Å². The number of anilines is 2. The van der Waals surface area contributed by atoms with Crippen LogP contribution in [0.3, 0.4) is 0 Å². The summed E-state index contributed by atoms with van der Waals surface area (Å²) in [6.07, 6.45) is 3.16. The van der Waals surface area contributed by atoms with Gasteiger partial charge in [0, 0.05) is 31.7 Å². The molecule has 8 heteroatoms. The molecule has 1 aromatic carbocycles. The molecule has 2 N–H and O–H groups in total. The van der Waals surface area contributed by atoms with Crippen LogP contribution in [0, 0.1) is 0 Å². The second kappa shape index (κ2) is 8.39. The first kappa shape index (κ1) is 17.8. The summed E-state index contributed by atoms with van der Waals surface area (Å²) in [5.41, 5.74) is 1.02. The normalized spacial score (nSPS) is 14.7. The van der Waals surface area contributed by atoms with Crippen LogP contribution in [-0.2, 0) is 4.79 Å². The van der Waals surface area contributed by atoms with E-state index >= 15 is 0 Å². The lowest BCUT2D eigenvalue weighted by atomic mass is 10.2. The highest BCUT2D eigenvalue weighted by molar-refractivity contribution is 5.99. The first-order valence-corrected chi connectivity index (χ1v) is 8.50. The second-order valence-electron chi connectivity index (χ2n) is 6.16. The summed E-state index contributed by atoms with van der Waals surface area (Å²) < 4.78 is 0. The minimum atomic E-state index is -0.328. The number of piperazine rings is 1. The van der Waals surface area contributed by atoms with Crippen molar-refractivity contribution in [1.29, 1.82) is 0 Å². The standard InChI is InChI=1S/C18H22N6O2/c1-23-7-9-24(10-8-23)18-20-11-15(12-21-18)22-16(25)13-19-17(26)14-5-3-2-4-6-14/h2-6,11-12H,7-10,13H2,1H3,(H,19,26)(H,22,25). The Kier molecular flexibility index (Phi) is 5.75. The van der Waals surface area contributed by atoms with Gasteiger partial charge >= 0.3 is 0 Å². The van der Waals surface area contributed by atoms with E-state index in [4.69, 9.17) is 0 Å². The van der Waals surface area contributed by atoms with Gasteiger partial charge in [-0.05, 0) is 19.2 Å². The molecule has 1 aliphatic heterocycles. The van der Waals surface area contributed by atoms with Gasteiger partial charge in [-0.3, -0.25) is 9.59 Å². The first-order valence-electron chi connectivity index (χ1n) is 8.50. The lowest BCUT2D eigenvalue weighted by Gasteiger charge is -2.32. The van der Waals surface area contributed by atoms with Gasteiger partial charge in [-0.15, -0.1) is 0 Å². The van der Waals surface area contributed by atoms with Crippen molar-refractivity contribution in [3.63, 3.8) is 0 Å². The SMILES string of the molecule is CN1CCN(c2ncc(NC(=O)CNC(=O)c3ccccc3)cn2)CC1. The number of amides is 2. The number of hydrogen-bond acceptors (Lipinski definition) is 6. The highest BCUT2D eigenvalue weighted by Gasteiger charge is 2.16. The maximum atomic E-state index is 12.0. The van der Waals surface area contributed by atoms with Crippen molar-refractivity contribution in [2.45, 2.75) is 0 Å². The van der Waals surface area contributed by atoms with Crippen LogP contribution in [0.4, 0.5) is 11.6 Å². The monoisotopic (exact) mass is 354 g/mol. The number of carbonyl (C=O) groups excluding carboxylic acids is 2. The maximum Gasteiger partial charge on any atom is 0.251 e. The van der Waals surface area contributed by atoms with E-state index in [1.54, 1.807) is 36.7 Å². The van der Waals surface area contributed by atoms with Gasteiger partial charge in [0.1, 0.15) is 0 Å². The highest BCUT2D eigenvalue weighted by atomic mass is 16.2. The predicted molar refractivity (Wildman–Crippen MR) is 99.1 cm³/mol. The fourth-order valence-corrected chi connectivity index (χ4v) is 2.61. The molecule has 0 bridgehead atoms. The lowest BCUT2D eigenvalue weighted by molar-refractivity contribution is -0.115. The molecule has 2 heterocycles. The van der Waals surface area contributed by atoms with Crippen molar-refractivity contribution < 1.29 is 9.59 Å². The van der Waals surface area contributed by atoms with Gasteiger partial charge in [-0.25, -0.2) is 9.97 Å². The molecule has 1 saturated heterocycles. The Bertz CT molecular complexity index is 742. The van der Waals surface area contributed by atoms with Crippen LogP contribution in [0.5, 0.6) is 0 Å². The summed E-state index contributed by atoms with van der Waals surface area (Å²) in [7, 11) is 2.09. The van der Waals surface area contributed by atoms with Gasteiger partial charge in [0.2, 0.25) is 11.9 Å². The van der Waals surface area contributed by atoms with Crippen LogP contribution in [0.15, 0.2) is 42.7 Å². The zero-order valence-corrected chi connectivity index (χ0v) is 14.7. The Labute approximate surface area is 152 Å². The summed E-state index contributed by atoms with van der Waals surface area (Å²) >= 11 is 0. The van der Waals surface area contributed by atoms with E-state index in [-0.39, 0.29) is 18.4 Å². The number of hydrogen-bond donors (Lipinski definition) is 2. The number of nitrogens with zero attached hydrogens (tertiary/aromatic N) is 4. The third kappa shape index (κ3) is 4.76. The zero-order valence-electron chi connectivity index (χ0n) is 14.7. The number of nitrogens with one attached hydrogen (secondary N) is 2. The van der Waals surface area contributed by atoms with Gasteiger partial charge in [-0.1, -0.05) is 18.2 Å². The molecule has 0 unspecified atom stereocenters. The van der Waals surface area contributed by atoms with Crippen molar-refractivity contribution >= 4 is 23.5 Å². The van der Waals surface area contributed by atoms with Crippen LogP contribution in [0.1, 0.15) is 10.4 Å². The topological polar surface area (TPSA) is 90.5 Å². The first-order chi connectivity index (χ1) is 12.6. The average molecular weight is 354 g/mol. The molecule has 26 heavy (non-hydrogen) atoms. The van der Waals surface area contributed by atoms with Crippen molar-refractivity contribution in [3.05, 3.63) is 48.3 Å². The van der Waals surface area contributed by atoms with E-state index in [0.717, 1.165) is 26.2 Å². The smallest absolute Gasteiger partial charge is 0.251 e. The Morgan fingerprint density at radius 1 is 1.04 bits per heavy atom. The molecule has 0 aliphatic carbocycles. The molecule has 0 spiro atoms. The van der Waals surface area contributed by atoms with Crippen LogP contribution in [0.2, 0.25) is 0 Å². The Hall–Kier alpha value is -3.00. The number of likely N-dealkylation sites (N-methyl/N-ethyl adjacent to an activating group) is 1. The van der Waals surface area contributed by atoms with Gasteiger partial charge in [0.05, 0.1) is 24.6 Å². The molecule has 0 atom stereocenters. The molecule has 136 valence electrons. The van der Waals surface area contributed by atoms with E-state index in [2.05, 4.69) is 37.4 Å². The minimum absolute atomic E-state index is 0.117. The summed E-state index contributed by atoms with van der Waals surface area (Å²) in [5, 5.41) is 5.26. The number of aromatic nitrogens is 2. The van der Waals surface area contributed by atoms with Gasteiger partial charge < -0.3 is 20.4 Å². The summed E-state index contributed by atoms with van der Waals surface area (Å²) in [5.74, 6) is 0.0427. The Morgan fingerprint density at radius 3 is 2.35 bits per heavy atom. The number of carbonyl (C=O) groups is 2. The molecule has 0 radical (unpaired) electrons. The lowest BCUT2D eigenvalue weighted by Crippen LogP contribution is -2.45. The molecule has 1 aliphatic rings. The van der Waals surface area contributed by atoms with E-state index in [9.17, 15) is 9.59 Å². The molecule has 2 aromatic rings. The quantitative estimate of drug-likeness (QED) is 0.817. The van der Waals surface area contributed by atoms with Crippen LogP contribution in [-0.4, -0.2) is 66.5 Å². The Morgan fingerprint density at radius 2 is 1.69 bits per heavy atom. The minimum Gasteiger partial charge on any atom is -0.343 e. The van der Waals surface area contributed by atoms with Crippen LogP contribution >= 0.6 is 0 Å². The molecule has 8 nitrogen and oxygen atoms in total. The van der Waals surface area contributed by atoms with E-state index in [1.807, 2.05) is 6.07 Å². The van der Waals surface area contributed by atoms with Crippen molar-refractivity contribution in [3.8, 4) is 0 Å². The third-order valence-corrected chi connectivity index (χ3v) is 4.15. The van der Waals surface area contributed by atoms with Crippen molar-refractivity contribution in [2.24, 2.45) is 0 Å². The molecule has 2 amide bonds. The summed E-state index contributed by atoms with van der Waals surface area (Å²) in [6, 6.07) is 8.76. The largest absolute Gasteiger partial charge is 0.343 e. The molecule has 1 aromatic heterocycles. The molecule has 3 rings (SSSR count). The van der Waals surface area contributed by atoms with Crippen LogP contribution < -0.4 is 15.5 Å². The highest BCUT2D eigenvalue weighted by Crippen LogP contribution is 2.12. The van der Waals surface area contributed by atoms with Gasteiger partial charge in [0.25, 0.3) is 5.91 Å². The zero-order chi connectivity index (χ0) is 18.4. The predicted octanol–water partition coefficient (Wildman–Crippen LogP) is 0.597. The fourth-order valence-electron chi connectivity index (χ4n) is 2.61. The number of benzene rings is 1. The average Bonchev–Trinajstić information content (AvgIpc) is 2.68. The van der Waals surface area contributed by atoms with Crippen LogP contribution in [0.25, 0.3) is 0 Å². The third-order valence-electron chi connectivity index (χ3n) is 4.15. The van der Waals surface area contributed by atoms with E-state index in [0.29, 0.717) is 17.2 Å². The maximum absolute atomic E-state index is 12.0. The van der Waals surface area contributed by atoms with Crippen molar-refractivity contribution in [1.82, 2.24) is 20.2 Å². The molecule has 1 fully saturated rings. The molecule has 0 saturated carbocycles. The van der Waals surface area contributed by atoms with E-state index in [1.165, 1.54) is 0 Å². The summed E-state index contributed by atoms with van der Waals surface area (Å²) in [6.45, 7) is 3.60. The molecular weight excluding hydrogens is 332 g/mol. The number of rotatable bonds is 5. The van der Waals surface area contributed by atoms with Crippen molar-refractivity contribution in [2.75, 3.05) is 50.0 Å². The van der Waals surface area contributed by atoms with Gasteiger partial charge in [-0.2, -0.15) is 0 Å².